The Labute approximate surface area is 210 Å². The number of hydrogen-bond acceptors (Lipinski definition) is 6. The lowest BCUT2D eigenvalue weighted by Gasteiger charge is -2.29. The SMILES string of the molecule is O=S(=O)(c1ccc(Oc2cccnc2)cc1)N1CC2C([CH]c3ccc(N4CCOCC4)c(F)c3)C2C1. The van der Waals surface area contributed by atoms with Gasteiger partial charge in [0.15, 0.2) is 0 Å². The van der Waals surface area contributed by atoms with Gasteiger partial charge in [0.05, 0.1) is 30.0 Å². The molecule has 1 radical (unpaired) electrons. The molecule has 9 heteroatoms. The lowest BCUT2D eigenvalue weighted by atomic mass is 10.0. The van der Waals surface area contributed by atoms with E-state index in [1.54, 1.807) is 59.2 Å². The average Bonchev–Trinajstić information content (AvgIpc) is 3.31. The predicted octanol–water partition coefficient (Wildman–Crippen LogP) is 3.97. The van der Waals surface area contributed by atoms with Crippen LogP contribution in [0.15, 0.2) is 71.9 Å². The van der Waals surface area contributed by atoms with Crippen molar-refractivity contribution in [2.75, 3.05) is 44.3 Å². The van der Waals surface area contributed by atoms with Gasteiger partial charge in [0.2, 0.25) is 10.0 Å². The number of fused-ring (bicyclic) bond motifs is 1. The Morgan fingerprint density at radius 2 is 1.75 bits per heavy atom. The third-order valence-electron chi connectivity index (χ3n) is 7.27. The number of sulfonamides is 1. The average molecular weight is 509 g/mol. The van der Waals surface area contributed by atoms with Crippen molar-refractivity contribution in [2.45, 2.75) is 4.90 Å². The molecule has 2 aromatic carbocycles. The molecule has 1 aliphatic carbocycles. The molecule has 2 aliphatic heterocycles. The zero-order valence-electron chi connectivity index (χ0n) is 19.7. The van der Waals surface area contributed by atoms with Crippen molar-refractivity contribution >= 4 is 15.7 Å². The van der Waals surface area contributed by atoms with E-state index in [2.05, 4.69) is 11.4 Å². The lowest BCUT2D eigenvalue weighted by Crippen LogP contribution is -2.36. The topological polar surface area (TPSA) is 72.0 Å². The second kappa shape index (κ2) is 9.46. The normalized spacial score (nSPS) is 23.9. The zero-order chi connectivity index (χ0) is 24.7. The van der Waals surface area contributed by atoms with Crippen LogP contribution < -0.4 is 9.64 Å². The second-order valence-corrected chi connectivity index (χ2v) is 11.4. The minimum atomic E-state index is -3.58. The number of aromatic nitrogens is 1. The lowest BCUT2D eigenvalue weighted by molar-refractivity contribution is 0.122. The number of pyridine rings is 1. The molecule has 7 nitrogen and oxygen atoms in total. The molecule has 0 spiro atoms. The van der Waals surface area contributed by atoms with E-state index < -0.39 is 10.0 Å². The van der Waals surface area contributed by atoms with E-state index in [1.165, 1.54) is 0 Å². The van der Waals surface area contributed by atoms with Crippen LogP contribution in [0.3, 0.4) is 0 Å². The van der Waals surface area contributed by atoms with Crippen LogP contribution in [0.25, 0.3) is 0 Å². The smallest absolute Gasteiger partial charge is 0.243 e. The summed E-state index contributed by atoms with van der Waals surface area (Å²) in [5.74, 6) is 1.74. The van der Waals surface area contributed by atoms with Gasteiger partial charge in [-0.15, -0.1) is 0 Å². The van der Waals surface area contributed by atoms with E-state index >= 15 is 0 Å². The maximum Gasteiger partial charge on any atom is 0.243 e. The van der Waals surface area contributed by atoms with E-state index in [1.807, 2.05) is 17.0 Å². The summed E-state index contributed by atoms with van der Waals surface area (Å²) in [5.41, 5.74) is 1.46. The van der Waals surface area contributed by atoms with Crippen LogP contribution >= 0.6 is 0 Å². The van der Waals surface area contributed by atoms with Crippen molar-refractivity contribution in [1.29, 1.82) is 0 Å². The molecule has 6 rings (SSSR count). The number of rotatable bonds is 7. The Morgan fingerprint density at radius 3 is 2.42 bits per heavy atom. The molecular formula is C27H27FN3O4S. The van der Waals surface area contributed by atoms with Crippen LogP contribution in [0.1, 0.15) is 5.56 Å². The van der Waals surface area contributed by atoms with E-state index in [0.29, 0.717) is 56.6 Å². The second-order valence-electron chi connectivity index (χ2n) is 9.47. The summed E-state index contributed by atoms with van der Waals surface area (Å²) in [4.78, 5) is 6.27. The van der Waals surface area contributed by atoms with Crippen molar-refractivity contribution in [3.8, 4) is 11.5 Å². The fourth-order valence-corrected chi connectivity index (χ4v) is 6.77. The number of nitrogens with zero attached hydrogens (tertiary/aromatic N) is 3. The molecule has 3 aromatic rings. The van der Waals surface area contributed by atoms with Gasteiger partial charge in [0, 0.05) is 32.4 Å². The third kappa shape index (κ3) is 4.58. The molecule has 0 bridgehead atoms. The largest absolute Gasteiger partial charge is 0.456 e. The van der Waals surface area contributed by atoms with Crippen molar-refractivity contribution in [3.05, 3.63) is 84.8 Å². The van der Waals surface area contributed by atoms with Gasteiger partial charge < -0.3 is 14.4 Å². The van der Waals surface area contributed by atoms with Crippen molar-refractivity contribution < 1.29 is 22.3 Å². The molecule has 2 saturated heterocycles. The van der Waals surface area contributed by atoms with E-state index in [9.17, 15) is 12.8 Å². The molecule has 3 heterocycles. The van der Waals surface area contributed by atoms with E-state index in [4.69, 9.17) is 9.47 Å². The quantitative estimate of drug-likeness (QED) is 0.481. The number of morpholine rings is 1. The molecule has 36 heavy (non-hydrogen) atoms. The third-order valence-corrected chi connectivity index (χ3v) is 9.11. The summed E-state index contributed by atoms with van der Waals surface area (Å²) in [5, 5.41) is 0. The Bertz CT molecular complexity index is 1320. The van der Waals surface area contributed by atoms with Gasteiger partial charge in [0.25, 0.3) is 0 Å². The van der Waals surface area contributed by atoms with Crippen LogP contribution in [-0.2, 0) is 14.8 Å². The van der Waals surface area contributed by atoms with Crippen LogP contribution in [0.4, 0.5) is 10.1 Å². The van der Waals surface area contributed by atoms with Gasteiger partial charge in [-0.25, -0.2) is 12.8 Å². The molecule has 187 valence electrons. The Morgan fingerprint density at radius 1 is 1.00 bits per heavy atom. The van der Waals surface area contributed by atoms with Crippen LogP contribution in [0.2, 0.25) is 0 Å². The predicted molar refractivity (Wildman–Crippen MR) is 133 cm³/mol. The van der Waals surface area contributed by atoms with Crippen molar-refractivity contribution in [3.63, 3.8) is 0 Å². The summed E-state index contributed by atoms with van der Waals surface area (Å²) < 4.78 is 53.7. The van der Waals surface area contributed by atoms with Crippen molar-refractivity contribution in [2.24, 2.45) is 17.8 Å². The molecular weight excluding hydrogens is 481 g/mol. The first-order valence-electron chi connectivity index (χ1n) is 12.1. The molecule has 2 atom stereocenters. The number of halogens is 1. The molecule has 1 aromatic heterocycles. The van der Waals surface area contributed by atoms with Crippen LogP contribution in [-0.4, -0.2) is 57.1 Å². The van der Waals surface area contributed by atoms with Crippen LogP contribution in [0.5, 0.6) is 11.5 Å². The number of hydrogen-bond donors (Lipinski definition) is 0. The number of piperidine rings is 1. The Kier molecular flexibility index (Phi) is 6.15. The Balaban J connectivity index is 1.05. The highest BCUT2D eigenvalue weighted by Gasteiger charge is 2.57. The molecule has 3 aliphatic rings. The summed E-state index contributed by atoms with van der Waals surface area (Å²) >= 11 is 0. The van der Waals surface area contributed by atoms with Gasteiger partial charge >= 0.3 is 0 Å². The highest BCUT2D eigenvalue weighted by Crippen LogP contribution is 2.55. The molecule has 2 unspecified atom stereocenters. The minimum absolute atomic E-state index is 0.225. The van der Waals surface area contributed by atoms with Crippen molar-refractivity contribution in [1.82, 2.24) is 9.29 Å². The number of benzene rings is 2. The fourth-order valence-electron chi connectivity index (χ4n) is 5.26. The molecule has 3 fully saturated rings. The molecule has 1 saturated carbocycles. The summed E-state index contributed by atoms with van der Waals surface area (Å²) in [6.45, 7) is 3.57. The van der Waals surface area contributed by atoms with E-state index in [-0.39, 0.29) is 28.5 Å². The number of ether oxygens (including phenoxy) is 2. The van der Waals surface area contributed by atoms with Gasteiger partial charge in [-0.05, 0) is 78.3 Å². The molecule has 0 amide bonds. The zero-order valence-corrected chi connectivity index (χ0v) is 20.5. The first-order chi connectivity index (χ1) is 17.5. The maximum atomic E-state index is 14.8. The maximum absolute atomic E-state index is 14.8. The van der Waals surface area contributed by atoms with Gasteiger partial charge in [-0.3, -0.25) is 4.98 Å². The van der Waals surface area contributed by atoms with E-state index in [0.717, 1.165) is 5.56 Å². The summed E-state index contributed by atoms with van der Waals surface area (Å²) in [6.07, 6.45) is 5.35. The summed E-state index contributed by atoms with van der Waals surface area (Å²) in [6, 6.07) is 15.4. The highest BCUT2D eigenvalue weighted by molar-refractivity contribution is 7.89. The highest BCUT2D eigenvalue weighted by atomic mass is 32.2. The van der Waals surface area contributed by atoms with Gasteiger partial charge in [-0.1, -0.05) is 6.07 Å². The Hall–Kier alpha value is -3.01. The standard InChI is InChI=1S/C27H27FN3O4S/c28-26-15-19(3-8-27(26)30-10-12-34-13-11-30)14-23-24-17-31(18-25(23)24)36(32,33)22-6-4-20(5-7-22)35-21-2-1-9-29-16-21/h1-9,14-16,23-25H,10-13,17-18H2. The summed E-state index contributed by atoms with van der Waals surface area (Å²) in [7, 11) is -3.58. The number of anilines is 1. The molecule has 0 N–H and O–H groups in total. The monoisotopic (exact) mass is 508 g/mol. The first kappa shape index (κ1) is 23.4. The van der Waals surface area contributed by atoms with Crippen LogP contribution in [0, 0.1) is 30.0 Å². The van der Waals surface area contributed by atoms with Gasteiger partial charge in [-0.2, -0.15) is 4.31 Å². The fraction of sp³-hybridized carbons (Fsp3) is 0.333. The minimum Gasteiger partial charge on any atom is -0.456 e. The van der Waals surface area contributed by atoms with Gasteiger partial charge in [0.1, 0.15) is 17.3 Å². The first-order valence-corrected chi connectivity index (χ1v) is 13.6.